The highest BCUT2D eigenvalue weighted by molar-refractivity contribution is 7.92. The van der Waals surface area contributed by atoms with E-state index in [1.807, 2.05) is 61.5 Å². The lowest BCUT2D eigenvalue weighted by atomic mass is 10.0. The van der Waals surface area contributed by atoms with Crippen LogP contribution in [0.15, 0.2) is 108 Å². The van der Waals surface area contributed by atoms with Gasteiger partial charge in [0.25, 0.3) is 10.0 Å². The Morgan fingerprint density at radius 3 is 2.00 bits per heavy atom. The van der Waals surface area contributed by atoms with Gasteiger partial charge in [0.2, 0.25) is 11.8 Å². The average Bonchev–Trinajstić information content (AvgIpc) is 2.98. The van der Waals surface area contributed by atoms with E-state index in [2.05, 4.69) is 5.32 Å². The van der Waals surface area contributed by atoms with Crippen molar-refractivity contribution in [1.82, 2.24) is 10.2 Å². The fraction of sp³-hybridized carbons (Fsp3) is 0.188. The number of hydrogen-bond acceptors (Lipinski definition) is 4. The number of anilines is 1. The van der Waals surface area contributed by atoms with Crippen LogP contribution in [0.25, 0.3) is 0 Å². The molecule has 1 N–H and O–H groups in total. The van der Waals surface area contributed by atoms with Gasteiger partial charge in [0, 0.05) is 30.1 Å². The van der Waals surface area contributed by atoms with Crippen molar-refractivity contribution >= 4 is 50.7 Å². The zero-order valence-electron chi connectivity index (χ0n) is 23.2. The van der Waals surface area contributed by atoms with Crippen LogP contribution >= 0.6 is 23.2 Å². The number of aryl methyl sites for hydroxylation is 1. The second kappa shape index (κ2) is 13.9. The lowest BCUT2D eigenvalue weighted by molar-refractivity contribution is -0.139. The Bertz CT molecular complexity index is 1630. The number of rotatable bonds is 11. The maximum Gasteiger partial charge on any atom is 0.264 e. The number of carbonyl (C=O) groups is 2. The normalized spacial score (nSPS) is 11.9. The van der Waals surface area contributed by atoms with E-state index < -0.39 is 28.5 Å². The summed E-state index contributed by atoms with van der Waals surface area (Å²) in [7, 11) is -2.73. The second-order valence-corrected chi connectivity index (χ2v) is 12.5. The van der Waals surface area contributed by atoms with Crippen LogP contribution in [-0.2, 0) is 32.6 Å². The number of nitrogens with one attached hydrogen (secondary N) is 1. The Kier molecular flexibility index (Phi) is 10.3. The summed E-state index contributed by atoms with van der Waals surface area (Å²) in [5, 5.41) is 3.10. The molecule has 0 aliphatic carbocycles. The fourth-order valence-corrected chi connectivity index (χ4v) is 6.56. The second-order valence-electron chi connectivity index (χ2n) is 9.72. The van der Waals surface area contributed by atoms with Crippen LogP contribution < -0.4 is 9.62 Å². The topological polar surface area (TPSA) is 86.8 Å². The van der Waals surface area contributed by atoms with Crippen LogP contribution in [0.4, 0.5) is 5.69 Å². The number of sulfonamides is 1. The highest BCUT2D eigenvalue weighted by atomic mass is 35.5. The first-order valence-electron chi connectivity index (χ1n) is 13.2. The Labute approximate surface area is 256 Å². The third-order valence-corrected chi connectivity index (χ3v) is 9.09. The molecule has 0 saturated heterocycles. The van der Waals surface area contributed by atoms with Gasteiger partial charge in [0.1, 0.15) is 12.6 Å². The summed E-state index contributed by atoms with van der Waals surface area (Å²) >= 11 is 12.5. The maximum atomic E-state index is 14.3. The Balaban J connectivity index is 1.81. The molecule has 218 valence electrons. The van der Waals surface area contributed by atoms with Crippen molar-refractivity contribution < 1.29 is 18.0 Å². The first-order chi connectivity index (χ1) is 20.1. The largest absolute Gasteiger partial charge is 0.357 e. The summed E-state index contributed by atoms with van der Waals surface area (Å²) in [5.41, 5.74) is 2.74. The molecule has 4 aromatic carbocycles. The zero-order valence-corrected chi connectivity index (χ0v) is 25.5. The van der Waals surface area contributed by atoms with Gasteiger partial charge in [0.15, 0.2) is 0 Å². The van der Waals surface area contributed by atoms with Crippen molar-refractivity contribution in [3.8, 4) is 0 Å². The van der Waals surface area contributed by atoms with Crippen molar-refractivity contribution in [1.29, 1.82) is 0 Å². The molecule has 0 aliphatic rings. The van der Waals surface area contributed by atoms with Crippen molar-refractivity contribution in [3.63, 3.8) is 0 Å². The van der Waals surface area contributed by atoms with Crippen LogP contribution in [0.5, 0.6) is 0 Å². The molecule has 0 bridgehead atoms. The van der Waals surface area contributed by atoms with E-state index in [1.54, 1.807) is 18.2 Å². The molecule has 0 aromatic heterocycles. The molecule has 0 unspecified atom stereocenters. The maximum absolute atomic E-state index is 14.3. The van der Waals surface area contributed by atoms with Gasteiger partial charge in [-0.1, -0.05) is 96.0 Å². The van der Waals surface area contributed by atoms with Gasteiger partial charge >= 0.3 is 0 Å². The number of likely N-dealkylation sites (N-methyl/N-ethyl adjacent to an activating group) is 1. The van der Waals surface area contributed by atoms with E-state index >= 15 is 0 Å². The minimum absolute atomic E-state index is 0.00788. The Morgan fingerprint density at radius 2 is 1.40 bits per heavy atom. The van der Waals surface area contributed by atoms with Crippen molar-refractivity contribution in [2.75, 3.05) is 17.9 Å². The summed E-state index contributed by atoms with van der Waals surface area (Å²) in [6, 6.07) is 28.1. The number of amides is 2. The van der Waals surface area contributed by atoms with E-state index in [4.69, 9.17) is 23.2 Å². The van der Waals surface area contributed by atoms with Crippen LogP contribution in [0, 0.1) is 6.92 Å². The van der Waals surface area contributed by atoms with Gasteiger partial charge in [0.05, 0.1) is 10.6 Å². The van der Waals surface area contributed by atoms with Crippen LogP contribution in [-0.4, -0.2) is 44.8 Å². The lowest BCUT2D eigenvalue weighted by Gasteiger charge is -2.34. The van der Waals surface area contributed by atoms with Gasteiger partial charge in [-0.25, -0.2) is 8.42 Å². The number of halogens is 2. The molecule has 2 amide bonds. The molecule has 0 spiro atoms. The van der Waals surface area contributed by atoms with Crippen LogP contribution in [0.1, 0.15) is 16.7 Å². The lowest BCUT2D eigenvalue weighted by Crippen LogP contribution is -2.53. The van der Waals surface area contributed by atoms with Crippen LogP contribution in [0.3, 0.4) is 0 Å². The molecule has 0 radical (unpaired) electrons. The highest BCUT2D eigenvalue weighted by Gasteiger charge is 2.34. The van der Waals surface area contributed by atoms with Crippen molar-refractivity contribution in [2.45, 2.75) is 30.8 Å². The molecule has 42 heavy (non-hydrogen) atoms. The molecule has 0 fully saturated rings. The Hall–Kier alpha value is -3.85. The molecular weight excluding hydrogens is 593 g/mol. The molecule has 7 nitrogen and oxygen atoms in total. The van der Waals surface area contributed by atoms with E-state index in [0.717, 1.165) is 21.0 Å². The highest BCUT2D eigenvalue weighted by Crippen LogP contribution is 2.30. The minimum atomic E-state index is -4.24. The van der Waals surface area contributed by atoms with Gasteiger partial charge in [-0.05, 0) is 53.9 Å². The fourth-order valence-electron chi connectivity index (χ4n) is 4.62. The number of carbonyl (C=O) groups excluding carboxylic acids is 2. The summed E-state index contributed by atoms with van der Waals surface area (Å²) in [5.74, 6) is -0.942. The summed E-state index contributed by atoms with van der Waals surface area (Å²) in [4.78, 5) is 29.1. The third-order valence-electron chi connectivity index (χ3n) is 6.86. The van der Waals surface area contributed by atoms with E-state index in [9.17, 15) is 18.0 Å². The van der Waals surface area contributed by atoms with Gasteiger partial charge in [-0.15, -0.1) is 0 Å². The molecule has 0 heterocycles. The molecule has 10 heteroatoms. The van der Waals surface area contributed by atoms with E-state index in [1.165, 1.54) is 42.3 Å². The standard InChI is InChI=1S/C32H31Cl2N3O4S/c1-23-11-9-10-14-25(23)21-36(30(32(39)35-2)17-24-12-5-3-6-13-24)31(38)22-37(28-19-26(33)18-27(34)20-28)42(40,41)29-15-7-4-8-16-29/h3-16,18-20,30H,17,21-22H2,1-2H3,(H,35,39)/t30-/m1/s1. The van der Waals surface area contributed by atoms with Gasteiger partial charge in [-0.2, -0.15) is 0 Å². The first-order valence-corrected chi connectivity index (χ1v) is 15.4. The zero-order chi connectivity index (χ0) is 30.3. The SMILES string of the molecule is CNC(=O)[C@@H](Cc1ccccc1)N(Cc1ccccc1C)C(=O)CN(c1cc(Cl)cc(Cl)c1)S(=O)(=O)c1ccccc1. The predicted molar refractivity (Wildman–Crippen MR) is 167 cm³/mol. The summed E-state index contributed by atoms with van der Waals surface area (Å²) in [6.07, 6.45) is 0.229. The Morgan fingerprint density at radius 1 is 0.833 bits per heavy atom. The van der Waals surface area contributed by atoms with E-state index in [0.29, 0.717) is 0 Å². The average molecular weight is 625 g/mol. The third kappa shape index (κ3) is 7.50. The molecular formula is C32H31Cl2N3O4S. The molecule has 4 aromatic rings. The monoisotopic (exact) mass is 623 g/mol. The van der Waals surface area contributed by atoms with E-state index in [-0.39, 0.29) is 39.5 Å². The molecule has 0 saturated carbocycles. The number of benzene rings is 4. The van der Waals surface area contributed by atoms with Gasteiger partial charge < -0.3 is 10.2 Å². The van der Waals surface area contributed by atoms with Crippen molar-refractivity contribution in [3.05, 3.63) is 130 Å². The molecule has 0 aliphatic heterocycles. The predicted octanol–water partition coefficient (Wildman–Crippen LogP) is 5.88. The first kappa shape index (κ1) is 31.1. The van der Waals surface area contributed by atoms with Gasteiger partial charge in [-0.3, -0.25) is 13.9 Å². The summed E-state index contributed by atoms with van der Waals surface area (Å²) < 4.78 is 28.9. The summed E-state index contributed by atoms with van der Waals surface area (Å²) in [6.45, 7) is 1.41. The molecule has 1 atom stereocenters. The number of hydrogen-bond donors (Lipinski definition) is 1. The van der Waals surface area contributed by atoms with Crippen molar-refractivity contribution in [2.24, 2.45) is 0 Å². The number of nitrogens with zero attached hydrogens (tertiary/aromatic N) is 2. The molecule has 4 rings (SSSR count). The quantitative estimate of drug-likeness (QED) is 0.226. The smallest absolute Gasteiger partial charge is 0.264 e. The van der Waals surface area contributed by atoms with Crippen LogP contribution in [0.2, 0.25) is 10.0 Å². The minimum Gasteiger partial charge on any atom is -0.357 e.